The van der Waals surface area contributed by atoms with Gasteiger partial charge in [0.15, 0.2) is 0 Å². The molecule has 13 heavy (non-hydrogen) atoms. The zero-order valence-electron chi connectivity index (χ0n) is 8.55. The monoisotopic (exact) mass is 194 g/mol. The molecular weight excluding hydrogens is 176 g/mol. The predicted molar refractivity (Wildman–Crippen MR) is 63.2 cm³/mol. The fraction of sp³-hybridized carbons (Fsp3) is 0.500. The summed E-state index contributed by atoms with van der Waals surface area (Å²) in [6, 6.07) is 0. The molecule has 0 amide bonds. The van der Waals surface area contributed by atoms with Crippen LogP contribution in [0.4, 0.5) is 0 Å². The molecule has 0 N–H and O–H groups in total. The van der Waals surface area contributed by atoms with Crippen LogP contribution in [0.2, 0.25) is 0 Å². The molecule has 0 atom stereocenters. The molecule has 72 valence electrons. The maximum atomic E-state index is 2.34. The Bertz CT molecular complexity index is 210. The minimum absolute atomic E-state index is 1.11. The van der Waals surface area contributed by atoms with Crippen molar-refractivity contribution >= 4 is 11.8 Å². The standard InChI is InChI=1S/C12H18S/c1-3-5-11-6-4-7-12(9-8-11)10-13-2/h6-9H,3-5,10H2,1-2H3. The van der Waals surface area contributed by atoms with Gasteiger partial charge in [0, 0.05) is 5.75 Å². The van der Waals surface area contributed by atoms with E-state index in [1.807, 2.05) is 11.8 Å². The van der Waals surface area contributed by atoms with E-state index in [1.54, 1.807) is 0 Å². The molecule has 1 rings (SSSR count). The van der Waals surface area contributed by atoms with Gasteiger partial charge in [-0.3, -0.25) is 0 Å². The van der Waals surface area contributed by atoms with Crippen LogP contribution >= 0.6 is 11.8 Å². The summed E-state index contributed by atoms with van der Waals surface area (Å²) in [6.07, 6.45) is 14.9. The molecule has 0 saturated heterocycles. The summed E-state index contributed by atoms with van der Waals surface area (Å²) in [4.78, 5) is 0. The minimum Gasteiger partial charge on any atom is -0.161 e. The number of rotatable bonds is 4. The largest absolute Gasteiger partial charge is 0.161 e. The molecule has 0 aromatic heterocycles. The number of hydrogen-bond donors (Lipinski definition) is 0. The Kier molecular flexibility index (Phi) is 4.99. The third-order valence-corrected chi connectivity index (χ3v) is 2.74. The lowest BCUT2D eigenvalue weighted by atomic mass is 10.1. The van der Waals surface area contributed by atoms with Gasteiger partial charge in [0.25, 0.3) is 0 Å². The van der Waals surface area contributed by atoms with Gasteiger partial charge < -0.3 is 0 Å². The maximum Gasteiger partial charge on any atom is 0.0178 e. The quantitative estimate of drug-likeness (QED) is 0.652. The molecule has 0 spiro atoms. The number of thioether (sulfide) groups is 1. The zero-order valence-corrected chi connectivity index (χ0v) is 9.36. The molecule has 0 aromatic rings. The fourth-order valence-electron chi connectivity index (χ4n) is 1.46. The summed E-state index contributed by atoms with van der Waals surface area (Å²) < 4.78 is 0. The lowest BCUT2D eigenvalue weighted by Crippen LogP contribution is -1.80. The second-order valence-corrected chi connectivity index (χ2v) is 4.18. The average Bonchev–Trinajstić information content (AvgIpc) is 2.33. The fourth-order valence-corrected chi connectivity index (χ4v) is 2.01. The highest BCUT2D eigenvalue weighted by Gasteiger charge is 1.97. The zero-order chi connectivity index (χ0) is 9.52. The topological polar surface area (TPSA) is 0 Å². The van der Waals surface area contributed by atoms with Gasteiger partial charge in [0.2, 0.25) is 0 Å². The van der Waals surface area contributed by atoms with Crippen LogP contribution in [0.3, 0.4) is 0 Å². The van der Waals surface area contributed by atoms with Crippen LogP contribution in [0, 0.1) is 0 Å². The van der Waals surface area contributed by atoms with Gasteiger partial charge >= 0.3 is 0 Å². The van der Waals surface area contributed by atoms with Crippen LogP contribution in [0.25, 0.3) is 0 Å². The molecule has 0 heterocycles. The minimum atomic E-state index is 1.11. The molecule has 1 aliphatic carbocycles. The lowest BCUT2D eigenvalue weighted by molar-refractivity contribution is 0.922. The molecule has 0 bridgehead atoms. The molecule has 0 aromatic carbocycles. The van der Waals surface area contributed by atoms with E-state index in [2.05, 4.69) is 37.5 Å². The van der Waals surface area contributed by atoms with E-state index in [0.717, 1.165) is 12.2 Å². The Hall–Kier alpha value is -0.430. The van der Waals surface area contributed by atoms with E-state index >= 15 is 0 Å². The first-order chi connectivity index (χ1) is 6.36. The van der Waals surface area contributed by atoms with Crippen molar-refractivity contribution in [2.45, 2.75) is 26.2 Å². The van der Waals surface area contributed by atoms with E-state index in [-0.39, 0.29) is 0 Å². The summed E-state index contributed by atoms with van der Waals surface area (Å²) in [5.41, 5.74) is 2.96. The summed E-state index contributed by atoms with van der Waals surface area (Å²) >= 11 is 1.89. The molecule has 1 heteroatoms. The Labute approximate surface area is 85.8 Å². The second-order valence-electron chi connectivity index (χ2n) is 3.31. The van der Waals surface area contributed by atoms with Crippen molar-refractivity contribution in [3.8, 4) is 0 Å². The Balaban J connectivity index is 2.52. The van der Waals surface area contributed by atoms with Crippen LogP contribution < -0.4 is 0 Å². The van der Waals surface area contributed by atoms with Gasteiger partial charge in [0.05, 0.1) is 0 Å². The van der Waals surface area contributed by atoms with Gasteiger partial charge in [-0.25, -0.2) is 0 Å². The van der Waals surface area contributed by atoms with Gasteiger partial charge in [-0.1, -0.05) is 43.2 Å². The first-order valence-electron chi connectivity index (χ1n) is 4.92. The summed E-state index contributed by atoms with van der Waals surface area (Å²) in [7, 11) is 0. The highest BCUT2D eigenvalue weighted by molar-refractivity contribution is 7.98. The van der Waals surface area contributed by atoms with E-state index in [9.17, 15) is 0 Å². The van der Waals surface area contributed by atoms with Crippen molar-refractivity contribution in [1.29, 1.82) is 0 Å². The van der Waals surface area contributed by atoms with Crippen LogP contribution in [-0.2, 0) is 0 Å². The van der Waals surface area contributed by atoms with Crippen LogP contribution in [0.5, 0.6) is 0 Å². The van der Waals surface area contributed by atoms with Crippen molar-refractivity contribution in [2.24, 2.45) is 0 Å². The van der Waals surface area contributed by atoms with E-state index in [1.165, 1.54) is 24.0 Å². The molecular formula is C12H18S. The van der Waals surface area contributed by atoms with Crippen molar-refractivity contribution in [2.75, 3.05) is 12.0 Å². The molecule has 0 fully saturated rings. The van der Waals surface area contributed by atoms with E-state index in [0.29, 0.717) is 0 Å². The Morgan fingerprint density at radius 2 is 1.92 bits per heavy atom. The van der Waals surface area contributed by atoms with Gasteiger partial charge in [-0.2, -0.15) is 11.8 Å². The van der Waals surface area contributed by atoms with Gasteiger partial charge in [0.1, 0.15) is 0 Å². The first-order valence-corrected chi connectivity index (χ1v) is 6.31. The van der Waals surface area contributed by atoms with Crippen molar-refractivity contribution in [1.82, 2.24) is 0 Å². The highest BCUT2D eigenvalue weighted by Crippen LogP contribution is 2.16. The normalized spacial score (nSPS) is 16.5. The Morgan fingerprint density at radius 3 is 2.62 bits per heavy atom. The highest BCUT2D eigenvalue weighted by atomic mass is 32.2. The molecule has 0 nitrogen and oxygen atoms in total. The molecule has 1 aliphatic rings. The van der Waals surface area contributed by atoms with Crippen LogP contribution in [-0.4, -0.2) is 12.0 Å². The van der Waals surface area contributed by atoms with Crippen LogP contribution in [0.1, 0.15) is 26.2 Å². The number of hydrogen-bond acceptors (Lipinski definition) is 1. The lowest BCUT2D eigenvalue weighted by Gasteiger charge is -1.97. The Morgan fingerprint density at radius 1 is 1.23 bits per heavy atom. The third-order valence-electron chi connectivity index (χ3n) is 2.12. The van der Waals surface area contributed by atoms with Crippen molar-refractivity contribution in [3.05, 3.63) is 35.5 Å². The maximum absolute atomic E-state index is 2.34. The summed E-state index contributed by atoms with van der Waals surface area (Å²) in [6.45, 7) is 2.23. The van der Waals surface area contributed by atoms with Crippen molar-refractivity contribution < 1.29 is 0 Å². The van der Waals surface area contributed by atoms with E-state index in [4.69, 9.17) is 0 Å². The second kappa shape index (κ2) is 6.09. The SMILES string of the molecule is CCCC1=CCC=C(CSC)C=C1. The summed E-state index contributed by atoms with van der Waals surface area (Å²) in [5, 5.41) is 0. The van der Waals surface area contributed by atoms with Gasteiger partial charge in [-0.05, 0) is 24.7 Å². The van der Waals surface area contributed by atoms with E-state index < -0.39 is 0 Å². The first kappa shape index (κ1) is 10.6. The third kappa shape index (κ3) is 3.86. The molecule has 0 radical (unpaired) electrons. The average molecular weight is 194 g/mol. The van der Waals surface area contributed by atoms with Crippen LogP contribution in [0.15, 0.2) is 35.5 Å². The molecule has 0 saturated carbocycles. The smallest absolute Gasteiger partial charge is 0.0178 e. The summed E-state index contributed by atoms with van der Waals surface area (Å²) in [5.74, 6) is 1.14. The van der Waals surface area contributed by atoms with Gasteiger partial charge in [-0.15, -0.1) is 0 Å². The molecule has 0 unspecified atom stereocenters. The molecule has 0 aliphatic heterocycles. The predicted octanol–water partition coefficient (Wildman–Crippen LogP) is 3.96. The van der Waals surface area contributed by atoms with Crippen molar-refractivity contribution in [3.63, 3.8) is 0 Å². The number of allylic oxidation sites excluding steroid dienone is 5.